The maximum absolute atomic E-state index is 4.50. The second-order valence-electron chi connectivity index (χ2n) is 4.13. The maximum atomic E-state index is 4.50. The molecule has 1 aliphatic heterocycles. The Hall–Kier alpha value is -0.570. The van der Waals surface area contributed by atoms with Gasteiger partial charge in [0, 0.05) is 30.2 Å². The highest BCUT2D eigenvalue weighted by Gasteiger charge is 2.23. The number of halogens is 1. The van der Waals surface area contributed by atoms with Gasteiger partial charge in [-0.1, -0.05) is 35.3 Å². The number of hydrogen-bond donors (Lipinski definition) is 0. The minimum Gasteiger partial charge on any atom is -0.356 e. The van der Waals surface area contributed by atoms with Gasteiger partial charge in [0.15, 0.2) is 0 Å². The maximum Gasteiger partial charge on any atom is 0.132 e. The van der Waals surface area contributed by atoms with E-state index in [4.69, 9.17) is 0 Å². The van der Waals surface area contributed by atoms with Gasteiger partial charge in [-0.2, -0.15) is 0 Å². The summed E-state index contributed by atoms with van der Waals surface area (Å²) < 4.78 is 0. The molecule has 0 radical (unpaired) electrons. The van der Waals surface area contributed by atoms with E-state index in [9.17, 15) is 0 Å². The third-order valence-electron chi connectivity index (χ3n) is 3.17. The molecule has 1 unspecified atom stereocenters. The molecule has 82 valence electrons. The van der Waals surface area contributed by atoms with Crippen molar-refractivity contribution in [3.8, 4) is 0 Å². The molecule has 2 nitrogen and oxygen atoms in total. The molecular formula is C12H17BrN2. The summed E-state index contributed by atoms with van der Waals surface area (Å²) in [5.41, 5.74) is 1.30. The average molecular weight is 269 g/mol. The first-order valence-electron chi connectivity index (χ1n) is 5.60. The molecule has 15 heavy (non-hydrogen) atoms. The Balaban J connectivity index is 2.16. The molecule has 0 aromatic carbocycles. The number of aromatic nitrogens is 1. The number of nitrogens with zero attached hydrogens (tertiary/aromatic N) is 2. The van der Waals surface area contributed by atoms with E-state index in [0.29, 0.717) is 0 Å². The quantitative estimate of drug-likeness (QED) is 0.783. The van der Waals surface area contributed by atoms with E-state index < -0.39 is 0 Å². The van der Waals surface area contributed by atoms with Gasteiger partial charge in [0.25, 0.3) is 0 Å². The minimum atomic E-state index is 0.857. The van der Waals surface area contributed by atoms with E-state index in [-0.39, 0.29) is 0 Å². The molecule has 3 heteroatoms. The predicted molar refractivity (Wildman–Crippen MR) is 67.5 cm³/mol. The first kappa shape index (κ1) is 10.9. The molecule has 2 rings (SSSR count). The van der Waals surface area contributed by atoms with Crippen molar-refractivity contribution in [1.29, 1.82) is 0 Å². The molecule has 1 aromatic rings. The first-order chi connectivity index (χ1) is 7.35. The highest BCUT2D eigenvalue weighted by molar-refractivity contribution is 9.08. The summed E-state index contributed by atoms with van der Waals surface area (Å²) in [5, 5.41) is 0.892. The Bertz CT molecular complexity index is 327. The summed E-state index contributed by atoms with van der Waals surface area (Å²) in [7, 11) is 0. The SMILES string of the molecule is CCC1CCN(c2ncccc2CBr)C1. The summed E-state index contributed by atoms with van der Waals surface area (Å²) in [5.74, 6) is 2.03. The van der Waals surface area contributed by atoms with E-state index in [1.54, 1.807) is 0 Å². The predicted octanol–water partition coefficient (Wildman–Crippen LogP) is 3.21. The van der Waals surface area contributed by atoms with Crippen LogP contribution in [0.3, 0.4) is 0 Å². The van der Waals surface area contributed by atoms with Crippen LogP contribution in [0.25, 0.3) is 0 Å². The van der Waals surface area contributed by atoms with E-state index in [1.165, 1.54) is 30.8 Å². The van der Waals surface area contributed by atoms with Crippen molar-refractivity contribution in [2.24, 2.45) is 5.92 Å². The van der Waals surface area contributed by atoms with Gasteiger partial charge in [-0.3, -0.25) is 0 Å². The molecule has 1 aromatic heterocycles. The molecular weight excluding hydrogens is 252 g/mol. The number of hydrogen-bond acceptors (Lipinski definition) is 2. The summed E-state index contributed by atoms with van der Waals surface area (Å²) >= 11 is 3.52. The molecule has 1 atom stereocenters. The lowest BCUT2D eigenvalue weighted by molar-refractivity contribution is 0.568. The number of pyridine rings is 1. The Morgan fingerprint density at radius 2 is 2.47 bits per heavy atom. The summed E-state index contributed by atoms with van der Waals surface area (Å²) in [6.45, 7) is 4.61. The Morgan fingerprint density at radius 3 is 3.13 bits per heavy atom. The number of alkyl halides is 1. The zero-order valence-corrected chi connectivity index (χ0v) is 10.7. The zero-order valence-electron chi connectivity index (χ0n) is 9.12. The second kappa shape index (κ2) is 4.97. The lowest BCUT2D eigenvalue weighted by Crippen LogP contribution is -2.21. The summed E-state index contributed by atoms with van der Waals surface area (Å²) in [6.07, 6.45) is 4.49. The van der Waals surface area contributed by atoms with Crippen LogP contribution in [0, 0.1) is 5.92 Å². The molecule has 0 aliphatic carbocycles. The molecule has 1 aliphatic rings. The van der Waals surface area contributed by atoms with Gasteiger partial charge in [-0.25, -0.2) is 4.98 Å². The standard InChI is InChI=1S/C12H17BrN2/c1-2-10-5-7-15(9-10)12-11(8-13)4-3-6-14-12/h3-4,6,10H,2,5,7-9H2,1H3. The van der Waals surface area contributed by atoms with Crippen molar-refractivity contribution in [2.75, 3.05) is 18.0 Å². The van der Waals surface area contributed by atoms with E-state index in [2.05, 4.69) is 38.8 Å². The van der Waals surface area contributed by atoms with Gasteiger partial charge in [-0.05, 0) is 18.4 Å². The smallest absolute Gasteiger partial charge is 0.132 e. The Morgan fingerprint density at radius 1 is 1.60 bits per heavy atom. The van der Waals surface area contributed by atoms with Crippen LogP contribution in [0.2, 0.25) is 0 Å². The minimum absolute atomic E-state index is 0.857. The lowest BCUT2D eigenvalue weighted by Gasteiger charge is -2.19. The van der Waals surface area contributed by atoms with Gasteiger partial charge in [0.05, 0.1) is 0 Å². The van der Waals surface area contributed by atoms with Crippen molar-refractivity contribution < 1.29 is 0 Å². The van der Waals surface area contributed by atoms with E-state index in [1.807, 2.05) is 12.3 Å². The van der Waals surface area contributed by atoms with Crippen LogP contribution < -0.4 is 4.90 Å². The third kappa shape index (κ3) is 2.33. The van der Waals surface area contributed by atoms with Gasteiger partial charge < -0.3 is 4.90 Å². The van der Waals surface area contributed by atoms with Gasteiger partial charge in [0.2, 0.25) is 0 Å². The Kier molecular flexibility index (Phi) is 3.62. The topological polar surface area (TPSA) is 16.1 Å². The van der Waals surface area contributed by atoms with Crippen LogP contribution in [-0.4, -0.2) is 18.1 Å². The second-order valence-corrected chi connectivity index (χ2v) is 4.69. The summed E-state index contributed by atoms with van der Waals surface area (Å²) in [6, 6.07) is 4.16. The fourth-order valence-corrected chi connectivity index (χ4v) is 2.62. The highest BCUT2D eigenvalue weighted by Crippen LogP contribution is 2.27. The molecule has 0 amide bonds. The summed E-state index contributed by atoms with van der Waals surface area (Å²) in [4.78, 5) is 6.92. The molecule has 0 spiro atoms. The van der Waals surface area contributed by atoms with Crippen LogP contribution in [0.1, 0.15) is 25.3 Å². The molecule has 0 saturated carbocycles. The van der Waals surface area contributed by atoms with Crippen molar-refractivity contribution in [1.82, 2.24) is 4.98 Å². The molecule has 0 N–H and O–H groups in total. The van der Waals surface area contributed by atoms with Gasteiger partial charge >= 0.3 is 0 Å². The average Bonchev–Trinajstić information content (AvgIpc) is 2.77. The van der Waals surface area contributed by atoms with Crippen molar-refractivity contribution in [3.63, 3.8) is 0 Å². The Labute approximate surface area is 99.8 Å². The van der Waals surface area contributed by atoms with Crippen LogP contribution in [-0.2, 0) is 5.33 Å². The fraction of sp³-hybridized carbons (Fsp3) is 0.583. The van der Waals surface area contributed by atoms with E-state index >= 15 is 0 Å². The zero-order chi connectivity index (χ0) is 10.7. The lowest BCUT2D eigenvalue weighted by atomic mass is 10.1. The van der Waals surface area contributed by atoms with Crippen molar-refractivity contribution in [3.05, 3.63) is 23.9 Å². The van der Waals surface area contributed by atoms with Gasteiger partial charge in [-0.15, -0.1) is 0 Å². The number of rotatable bonds is 3. The first-order valence-corrected chi connectivity index (χ1v) is 6.72. The van der Waals surface area contributed by atoms with Crippen LogP contribution in [0.5, 0.6) is 0 Å². The largest absolute Gasteiger partial charge is 0.356 e. The molecule has 1 saturated heterocycles. The van der Waals surface area contributed by atoms with Gasteiger partial charge in [0.1, 0.15) is 5.82 Å². The highest BCUT2D eigenvalue weighted by atomic mass is 79.9. The van der Waals surface area contributed by atoms with Crippen molar-refractivity contribution in [2.45, 2.75) is 25.1 Å². The number of anilines is 1. The van der Waals surface area contributed by atoms with Crippen LogP contribution in [0.4, 0.5) is 5.82 Å². The molecule has 0 bridgehead atoms. The van der Waals surface area contributed by atoms with Crippen molar-refractivity contribution >= 4 is 21.7 Å². The molecule has 2 heterocycles. The third-order valence-corrected chi connectivity index (χ3v) is 3.78. The molecule has 1 fully saturated rings. The van der Waals surface area contributed by atoms with Crippen LogP contribution >= 0.6 is 15.9 Å². The van der Waals surface area contributed by atoms with E-state index in [0.717, 1.165) is 17.8 Å². The normalized spacial score (nSPS) is 20.9. The van der Waals surface area contributed by atoms with Crippen LogP contribution in [0.15, 0.2) is 18.3 Å². The monoisotopic (exact) mass is 268 g/mol. The fourth-order valence-electron chi connectivity index (χ4n) is 2.18.